The third-order valence-electron chi connectivity index (χ3n) is 2.83. The van der Waals surface area contributed by atoms with Crippen molar-refractivity contribution in [3.05, 3.63) is 24.3 Å². The molecule has 0 bridgehead atoms. The number of rotatable bonds is 8. The summed E-state index contributed by atoms with van der Waals surface area (Å²) in [5, 5.41) is 11.3. The normalized spacial score (nSPS) is 13.0. The van der Waals surface area contributed by atoms with E-state index in [2.05, 4.69) is 5.32 Å². The third-order valence-corrected chi connectivity index (χ3v) is 4.57. The summed E-state index contributed by atoms with van der Waals surface area (Å²) in [6.45, 7) is 5.23. The molecule has 0 spiro atoms. The predicted molar refractivity (Wildman–Crippen MR) is 83.6 cm³/mol. The average Bonchev–Trinajstić information content (AvgIpc) is 2.45. The van der Waals surface area contributed by atoms with E-state index in [0.29, 0.717) is 5.75 Å². The van der Waals surface area contributed by atoms with Crippen molar-refractivity contribution < 1.29 is 23.1 Å². The van der Waals surface area contributed by atoms with Crippen LogP contribution < -0.4 is 10.1 Å². The van der Waals surface area contributed by atoms with Gasteiger partial charge in [0.1, 0.15) is 5.75 Å². The quantitative estimate of drug-likeness (QED) is 0.746. The molecule has 7 heteroatoms. The number of aliphatic hydroxyl groups is 1. The van der Waals surface area contributed by atoms with E-state index in [-0.39, 0.29) is 35.8 Å². The van der Waals surface area contributed by atoms with Crippen LogP contribution in [0.15, 0.2) is 29.2 Å². The van der Waals surface area contributed by atoms with Gasteiger partial charge >= 0.3 is 0 Å². The number of sulfone groups is 1. The van der Waals surface area contributed by atoms with Crippen molar-refractivity contribution in [3.8, 4) is 5.75 Å². The van der Waals surface area contributed by atoms with Gasteiger partial charge in [-0.1, -0.05) is 0 Å². The number of aliphatic hydroxyl groups excluding tert-OH is 1. The Kier molecular flexibility index (Phi) is 6.83. The van der Waals surface area contributed by atoms with E-state index in [4.69, 9.17) is 9.84 Å². The zero-order chi connectivity index (χ0) is 16.8. The van der Waals surface area contributed by atoms with Crippen molar-refractivity contribution in [3.63, 3.8) is 0 Å². The topological polar surface area (TPSA) is 92.7 Å². The molecule has 0 fully saturated rings. The monoisotopic (exact) mass is 329 g/mol. The zero-order valence-electron chi connectivity index (χ0n) is 13.1. The van der Waals surface area contributed by atoms with Gasteiger partial charge in [-0.3, -0.25) is 4.79 Å². The first-order valence-electron chi connectivity index (χ1n) is 7.14. The number of amides is 1. The molecule has 1 atom stereocenters. The molecule has 0 aliphatic carbocycles. The van der Waals surface area contributed by atoms with Crippen molar-refractivity contribution in [2.24, 2.45) is 0 Å². The average molecular weight is 329 g/mol. The van der Waals surface area contributed by atoms with Crippen molar-refractivity contribution in [2.75, 3.05) is 12.4 Å². The molecule has 0 unspecified atom stereocenters. The molecule has 0 aromatic heterocycles. The Morgan fingerprint density at radius 1 is 1.23 bits per heavy atom. The van der Waals surface area contributed by atoms with Crippen molar-refractivity contribution in [1.82, 2.24) is 5.32 Å². The zero-order valence-corrected chi connectivity index (χ0v) is 13.9. The minimum absolute atomic E-state index is 0.0136. The van der Waals surface area contributed by atoms with Crippen LogP contribution in [0.25, 0.3) is 0 Å². The number of ether oxygens (including phenoxy) is 1. The van der Waals surface area contributed by atoms with Gasteiger partial charge in [-0.25, -0.2) is 8.42 Å². The van der Waals surface area contributed by atoms with Crippen LogP contribution in [0.5, 0.6) is 5.75 Å². The lowest BCUT2D eigenvalue weighted by Gasteiger charge is -2.12. The minimum atomic E-state index is -3.52. The lowest BCUT2D eigenvalue weighted by Crippen LogP contribution is -2.35. The number of nitrogens with one attached hydrogen (secondary N) is 1. The summed E-state index contributed by atoms with van der Waals surface area (Å²) in [6, 6.07) is 5.76. The molecule has 0 saturated carbocycles. The standard InChI is InChI=1S/C15H23NO5S/c1-11(2)21-13-4-6-14(7-5-13)22(19,20)9-8-15(18)16-12(3)10-17/h4-7,11-12,17H,8-10H2,1-3H3,(H,16,18)/t12-/m0/s1. The molecular weight excluding hydrogens is 306 g/mol. The third kappa shape index (κ3) is 6.03. The van der Waals surface area contributed by atoms with Gasteiger partial charge in [-0.05, 0) is 45.0 Å². The van der Waals surface area contributed by atoms with Crippen LogP contribution in [-0.4, -0.2) is 43.9 Å². The maximum Gasteiger partial charge on any atom is 0.221 e. The van der Waals surface area contributed by atoms with Crippen LogP contribution >= 0.6 is 0 Å². The van der Waals surface area contributed by atoms with Crippen LogP contribution in [-0.2, 0) is 14.6 Å². The summed E-state index contributed by atoms with van der Waals surface area (Å²) >= 11 is 0. The van der Waals surface area contributed by atoms with Gasteiger partial charge in [-0.2, -0.15) is 0 Å². The molecular formula is C15H23NO5S. The summed E-state index contributed by atoms with van der Waals surface area (Å²) in [6.07, 6.45) is -0.128. The van der Waals surface area contributed by atoms with Gasteiger partial charge in [0.15, 0.2) is 9.84 Å². The molecule has 6 nitrogen and oxygen atoms in total. The fourth-order valence-electron chi connectivity index (χ4n) is 1.74. The van der Waals surface area contributed by atoms with E-state index in [1.165, 1.54) is 12.1 Å². The van der Waals surface area contributed by atoms with E-state index in [1.807, 2.05) is 13.8 Å². The molecule has 0 heterocycles. The van der Waals surface area contributed by atoms with E-state index in [9.17, 15) is 13.2 Å². The van der Waals surface area contributed by atoms with Gasteiger partial charge in [0.05, 0.1) is 23.4 Å². The van der Waals surface area contributed by atoms with Crippen LogP contribution in [0.2, 0.25) is 0 Å². The van der Waals surface area contributed by atoms with Crippen molar-refractivity contribution >= 4 is 15.7 Å². The Labute approximate surface area is 131 Å². The summed E-state index contributed by atoms with van der Waals surface area (Å²) in [4.78, 5) is 11.7. The Bertz CT molecular complexity index is 580. The van der Waals surface area contributed by atoms with Crippen LogP contribution in [0, 0.1) is 0 Å². The Morgan fingerprint density at radius 2 is 1.82 bits per heavy atom. The molecule has 22 heavy (non-hydrogen) atoms. The van der Waals surface area contributed by atoms with Gasteiger partial charge in [0, 0.05) is 12.5 Å². The lowest BCUT2D eigenvalue weighted by atomic mass is 10.3. The minimum Gasteiger partial charge on any atom is -0.491 e. The molecule has 1 aromatic carbocycles. The van der Waals surface area contributed by atoms with Crippen LogP contribution in [0.4, 0.5) is 0 Å². The molecule has 2 N–H and O–H groups in total. The first-order chi connectivity index (χ1) is 10.2. The van der Waals surface area contributed by atoms with E-state index >= 15 is 0 Å². The second-order valence-electron chi connectivity index (χ2n) is 5.36. The van der Waals surface area contributed by atoms with Gasteiger partial charge in [0.2, 0.25) is 5.91 Å². The number of hydrogen-bond acceptors (Lipinski definition) is 5. The molecule has 0 radical (unpaired) electrons. The van der Waals surface area contributed by atoms with Crippen molar-refractivity contribution in [2.45, 2.75) is 44.2 Å². The summed E-state index contributed by atoms with van der Waals surface area (Å²) in [5.41, 5.74) is 0. The second kappa shape index (κ2) is 8.14. The summed E-state index contributed by atoms with van der Waals surface area (Å²) in [5.74, 6) is -0.0742. The Balaban J connectivity index is 2.64. The number of hydrogen-bond donors (Lipinski definition) is 2. The molecule has 1 aromatic rings. The highest BCUT2D eigenvalue weighted by molar-refractivity contribution is 7.91. The molecule has 124 valence electrons. The van der Waals surface area contributed by atoms with Gasteiger partial charge < -0.3 is 15.2 Å². The second-order valence-corrected chi connectivity index (χ2v) is 7.47. The fraction of sp³-hybridized carbons (Fsp3) is 0.533. The Hall–Kier alpha value is -1.60. The summed E-state index contributed by atoms with van der Waals surface area (Å²) < 4.78 is 29.8. The van der Waals surface area contributed by atoms with E-state index in [0.717, 1.165) is 0 Å². The molecule has 0 aliphatic heterocycles. The fourth-order valence-corrected chi connectivity index (χ4v) is 2.98. The first kappa shape index (κ1) is 18.4. The van der Waals surface area contributed by atoms with Crippen LogP contribution in [0.3, 0.4) is 0 Å². The van der Waals surface area contributed by atoms with E-state index in [1.54, 1.807) is 19.1 Å². The number of carbonyl (C=O) groups excluding carboxylic acids is 1. The highest BCUT2D eigenvalue weighted by atomic mass is 32.2. The molecule has 1 rings (SSSR count). The smallest absolute Gasteiger partial charge is 0.221 e. The molecule has 0 aliphatic rings. The highest BCUT2D eigenvalue weighted by Gasteiger charge is 2.17. The number of benzene rings is 1. The van der Waals surface area contributed by atoms with E-state index < -0.39 is 15.7 Å². The van der Waals surface area contributed by atoms with Crippen LogP contribution in [0.1, 0.15) is 27.2 Å². The van der Waals surface area contributed by atoms with Crippen molar-refractivity contribution in [1.29, 1.82) is 0 Å². The first-order valence-corrected chi connectivity index (χ1v) is 8.79. The largest absolute Gasteiger partial charge is 0.491 e. The predicted octanol–water partition coefficient (Wildman–Crippen LogP) is 1.13. The SMILES string of the molecule is CC(C)Oc1ccc(S(=O)(=O)CCC(=O)N[C@@H](C)CO)cc1. The number of carbonyl (C=O) groups is 1. The maximum atomic E-state index is 12.2. The Morgan fingerprint density at radius 3 is 2.32 bits per heavy atom. The lowest BCUT2D eigenvalue weighted by molar-refractivity contribution is -0.121. The molecule has 1 amide bonds. The van der Waals surface area contributed by atoms with Gasteiger partial charge in [0.25, 0.3) is 0 Å². The van der Waals surface area contributed by atoms with Gasteiger partial charge in [-0.15, -0.1) is 0 Å². The maximum absolute atomic E-state index is 12.2. The molecule has 0 saturated heterocycles. The highest BCUT2D eigenvalue weighted by Crippen LogP contribution is 2.18. The summed E-state index contributed by atoms with van der Waals surface area (Å²) in [7, 11) is -3.52.